The highest BCUT2D eigenvalue weighted by Gasteiger charge is 1.83. The third kappa shape index (κ3) is 7.92. The standard InChI is InChI=1S/C7H16OSi/c1-3-5-6-7-8-9-4-2/h4H,2-3,5-7,9H2,1H3. The molecule has 9 heavy (non-hydrogen) atoms. The summed E-state index contributed by atoms with van der Waals surface area (Å²) in [5.41, 5.74) is 1.92. The Balaban J connectivity index is 2.66. The molecule has 0 radical (unpaired) electrons. The maximum Gasteiger partial charge on any atom is 0.184 e. The minimum atomic E-state index is -0.342. The molecule has 0 unspecified atom stereocenters. The molecule has 0 aliphatic heterocycles. The zero-order chi connectivity index (χ0) is 6.95. The number of unbranched alkanes of at least 4 members (excludes halogenated alkanes) is 2. The number of hydrogen-bond acceptors (Lipinski definition) is 1. The Bertz CT molecular complexity index is 63.9. The van der Waals surface area contributed by atoms with Gasteiger partial charge < -0.3 is 4.43 Å². The zero-order valence-corrected chi connectivity index (χ0v) is 7.64. The van der Waals surface area contributed by atoms with Crippen LogP contribution in [0.2, 0.25) is 0 Å². The molecule has 0 amide bonds. The van der Waals surface area contributed by atoms with Crippen molar-refractivity contribution in [3.8, 4) is 0 Å². The summed E-state index contributed by atoms with van der Waals surface area (Å²) in [6.45, 7) is 6.77. The lowest BCUT2D eigenvalue weighted by Crippen LogP contribution is -1.96. The van der Waals surface area contributed by atoms with E-state index in [1.807, 2.05) is 5.70 Å². The highest BCUT2D eigenvalue weighted by molar-refractivity contribution is 6.33. The summed E-state index contributed by atoms with van der Waals surface area (Å²) in [5.74, 6) is 0. The van der Waals surface area contributed by atoms with E-state index in [9.17, 15) is 0 Å². The van der Waals surface area contributed by atoms with Crippen LogP contribution in [-0.4, -0.2) is 16.4 Å². The van der Waals surface area contributed by atoms with Crippen LogP contribution < -0.4 is 0 Å². The Kier molecular flexibility index (Phi) is 7.84. The Labute approximate surface area is 60.1 Å². The zero-order valence-electron chi connectivity index (χ0n) is 6.23. The van der Waals surface area contributed by atoms with Crippen molar-refractivity contribution in [2.24, 2.45) is 0 Å². The lowest BCUT2D eigenvalue weighted by molar-refractivity contribution is 0.328. The quantitative estimate of drug-likeness (QED) is 0.405. The molecule has 0 saturated carbocycles. The topological polar surface area (TPSA) is 9.23 Å². The Morgan fingerprint density at radius 3 is 2.89 bits per heavy atom. The Hall–Kier alpha value is -0.0831. The molecule has 0 N–H and O–H groups in total. The molecule has 0 rings (SSSR count). The molecule has 0 atom stereocenters. The molecule has 0 spiro atoms. The molecule has 0 aromatic carbocycles. The molecule has 54 valence electrons. The summed E-state index contributed by atoms with van der Waals surface area (Å²) in [7, 11) is -0.342. The minimum Gasteiger partial charge on any atom is -0.419 e. The molecule has 2 heteroatoms. The van der Waals surface area contributed by atoms with Gasteiger partial charge in [0.05, 0.1) is 0 Å². The molecule has 0 bridgehead atoms. The fourth-order valence-electron chi connectivity index (χ4n) is 0.621. The summed E-state index contributed by atoms with van der Waals surface area (Å²) in [6, 6.07) is 0. The lowest BCUT2D eigenvalue weighted by Gasteiger charge is -1.97. The maximum absolute atomic E-state index is 5.31. The molecule has 0 aromatic rings. The van der Waals surface area contributed by atoms with Crippen LogP contribution in [0.1, 0.15) is 26.2 Å². The monoisotopic (exact) mass is 144 g/mol. The van der Waals surface area contributed by atoms with Crippen LogP contribution in [0.5, 0.6) is 0 Å². The van der Waals surface area contributed by atoms with Crippen LogP contribution in [0.25, 0.3) is 0 Å². The van der Waals surface area contributed by atoms with Gasteiger partial charge in [-0.05, 0) is 6.42 Å². The highest BCUT2D eigenvalue weighted by Crippen LogP contribution is 1.92. The van der Waals surface area contributed by atoms with Crippen LogP contribution in [0.15, 0.2) is 12.3 Å². The molecule has 0 aromatic heterocycles. The van der Waals surface area contributed by atoms with Crippen LogP contribution in [0.3, 0.4) is 0 Å². The predicted octanol–water partition coefficient (Wildman–Crippen LogP) is 1.42. The first kappa shape index (κ1) is 8.92. The minimum absolute atomic E-state index is 0.342. The summed E-state index contributed by atoms with van der Waals surface area (Å²) in [5, 5.41) is 0. The molecular weight excluding hydrogens is 128 g/mol. The molecular formula is C7H16OSi. The average Bonchev–Trinajstić information content (AvgIpc) is 1.89. The number of hydrogen-bond donors (Lipinski definition) is 0. The normalized spacial score (nSPS) is 10.8. The Morgan fingerprint density at radius 2 is 2.33 bits per heavy atom. The van der Waals surface area contributed by atoms with E-state index in [1.165, 1.54) is 19.3 Å². The van der Waals surface area contributed by atoms with Crippen LogP contribution in [-0.2, 0) is 4.43 Å². The fourth-order valence-corrected chi connectivity index (χ4v) is 1.16. The van der Waals surface area contributed by atoms with Crippen molar-refractivity contribution in [2.45, 2.75) is 26.2 Å². The first-order valence-corrected chi connectivity index (χ1v) is 4.99. The summed E-state index contributed by atoms with van der Waals surface area (Å²) in [4.78, 5) is 0. The van der Waals surface area contributed by atoms with E-state index in [-0.39, 0.29) is 9.76 Å². The first-order valence-electron chi connectivity index (χ1n) is 3.60. The molecule has 0 heterocycles. The molecule has 0 aliphatic carbocycles. The summed E-state index contributed by atoms with van der Waals surface area (Å²) >= 11 is 0. The van der Waals surface area contributed by atoms with Gasteiger partial charge in [-0.1, -0.05) is 25.5 Å². The predicted molar refractivity (Wildman–Crippen MR) is 44.2 cm³/mol. The van der Waals surface area contributed by atoms with Crippen LogP contribution in [0.4, 0.5) is 0 Å². The third-order valence-electron chi connectivity index (χ3n) is 1.13. The lowest BCUT2D eigenvalue weighted by atomic mass is 10.3. The second kappa shape index (κ2) is 7.92. The van der Waals surface area contributed by atoms with Gasteiger partial charge in [0, 0.05) is 6.61 Å². The van der Waals surface area contributed by atoms with Gasteiger partial charge in [-0.2, -0.15) is 0 Å². The number of rotatable bonds is 6. The van der Waals surface area contributed by atoms with E-state index in [1.54, 1.807) is 0 Å². The van der Waals surface area contributed by atoms with Gasteiger partial charge in [0.15, 0.2) is 9.76 Å². The molecule has 1 nitrogen and oxygen atoms in total. The van der Waals surface area contributed by atoms with Gasteiger partial charge in [0.1, 0.15) is 0 Å². The third-order valence-corrected chi connectivity index (χ3v) is 1.89. The van der Waals surface area contributed by atoms with E-state index >= 15 is 0 Å². The first-order chi connectivity index (χ1) is 4.41. The SMILES string of the molecule is C=C[SiH2]OCCCCC. The van der Waals surface area contributed by atoms with Gasteiger partial charge in [-0.25, -0.2) is 0 Å². The summed E-state index contributed by atoms with van der Waals surface area (Å²) < 4.78 is 5.31. The van der Waals surface area contributed by atoms with Gasteiger partial charge in [-0.3, -0.25) is 0 Å². The van der Waals surface area contributed by atoms with Crippen LogP contribution >= 0.6 is 0 Å². The van der Waals surface area contributed by atoms with E-state index < -0.39 is 0 Å². The molecule has 0 saturated heterocycles. The average molecular weight is 144 g/mol. The second-order valence-corrected chi connectivity index (χ2v) is 3.39. The smallest absolute Gasteiger partial charge is 0.184 e. The van der Waals surface area contributed by atoms with Crippen molar-refractivity contribution in [1.29, 1.82) is 0 Å². The van der Waals surface area contributed by atoms with Gasteiger partial charge in [0.2, 0.25) is 0 Å². The van der Waals surface area contributed by atoms with Crippen molar-refractivity contribution in [1.82, 2.24) is 0 Å². The fraction of sp³-hybridized carbons (Fsp3) is 0.714. The van der Waals surface area contributed by atoms with Gasteiger partial charge >= 0.3 is 0 Å². The van der Waals surface area contributed by atoms with E-state index in [2.05, 4.69) is 13.5 Å². The van der Waals surface area contributed by atoms with Gasteiger partial charge in [0.25, 0.3) is 0 Å². The van der Waals surface area contributed by atoms with Gasteiger partial charge in [-0.15, -0.1) is 6.58 Å². The van der Waals surface area contributed by atoms with E-state index in [0.717, 1.165) is 6.61 Å². The van der Waals surface area contributed by atoms with Crippen molar-refractivity contribution in [3.63, 3.8) is 0 Å². The highest BCUT2D eigenvalue weighted by atomic mass is 28.2. The summed E-state index contributed by atoms with van der Waals surface area (Å²) in [6.07, 6.45) is 3.79. The molecule has 0 fully saturated rings. The van der Waals surface area contributed by atoms with Crippen LogP contribution in [0, 0.1) is 0 Å². The van der Waals surface area contributed by atoms with E-state index in [4.69, 9.17) is 4.43 Å². The van der Waals surface area contributed by atoms with Crippen molar-refractivity contribution in [2.75, 3.05) is 6.61 Å². The molecule has 0 aliphatic rings. The van der Waals surface area contributed by atoms with E-state index in [0.29, 0.717) is 0 Å². The largest absolute Gasteiger partial charge is 0.419 e. The second-order valence-electron chi connectivity index (χ2n) is 2.07. The van der Waals surface area contributed by atoms with Crippen molar-refractivity contribution in [3.05, 3.63) is 12.3 Å². The van der Waals surface area contributed by atoms with Crippen molar-refractivity contribution >= 4 is 9.76 Å². The Morgan fingerprint density at radius 1 is 1.56 bits per heavy atom. The van der Waals surface area contributed by atoms with Crippen molar-refractivity contribution < 1.29 is 4.43 Å². The maximum atomic E-state index is 5.31.